The summed E-state index contributed by atoms with van der Waals surface area (Å²) in [5.41, 5.74) is 1.21. The van der Waals surface area contributed by atoms with Gasteiger partial charge in [0.15, 0.2) is 0 Å². The number of allylic oxidation sites excluding steroid dienone is 1. The molecule has 0 radical (unpaired) electrons. The minimum atomic E-state index is -0.869. The quantitative estimate of drug-likeness (QED) is 0.528. The third-order valence-corrected chi connectivity index (χ3v) is 2.06. The van der Waals surface area contributed by atoms with E-state index in [0.717, 1.165) is 5.56 Å². The van der Waals surface area contributed by atoms with Crippen molar-refractivity contribution in [2.75, 3.05) is 0 Å². The molecule has 0 unspecified atom stereocenters. The Bertz CT molecular complexity index is 410. The number of hydrogen-bond acceptors (Lipinski definition) is 1. The normalized spacial score (nSPS) is 8.47. The van der Waals surface area contributed by atoms with Gasteiger partial charge in [-0.1, -0.05) is 11.6 Å². The zero-order valence-electron chi connectivity index (χ0n) is 9.32. The average Bonchev–Trinajstić information content (AvgIpc) is 2.91. The SMILES string of the molecule is C=CC[c-]1cccc1C(=O)O.[Fe].[cH-]1[cH-][cH-][cH-][cH-]1. The standard InChI is InChI=1S/C9H9O2.C5H5.Fe/c1-2-4-7-5-3-6-8(7)9(10)11;1-2-4-5-3-1;/h2-3,5-6H,1,4H2,(H,10,11);1-5H;/q-1;-5;. The van der Waals surface area contributed by atoms with E-state index in [1.165, 1.54) is 0 Å². The summed E-state index contributed by atoms with van der Waals surface area (Å²) in [6, 6.07) is 15.1. The molecule has 0 aliphatic rings. The maximum absolute atomic E-state index is 10.5. The summed E-state index contributed by atoms with van der Waals surface area (Å²) in [5.74, 6) is -0.869. The van der Waals surface area contributed by atoms with E-state index in [9.17, 15) is 4.79 Å². The van der Waals surface area contributed by atoms with Gasteiger partial charge in [0.2, 0.25) is 5.97 Å². The Kier molecular flexibility index (Phi) is 7.78. The van der Waals surface area contributed by atoms with E-state index >= 15 is 0 Å². The molecule has 0 aliphatic heterocycles. The Balaban J connectivity index is 0.000000360. The Labute approximate surface area is 112 Å². The summed E-state index contributed by atoms with van der Waals surface area (Å²) >= 11 is 0. The van der Waals surface area contributed by atoms with Crippen LogP contribution in [0, 0.1) is 0 Å². The minimum absolute atomic E-state index is 0. The number of carboxylic acids is 1. The molecule has 2 nitrogen and oxygen atoms in total. The van der Waals surface area contributed by atoms with Crippen molar-refractivity contribution in [3.63, 3.8) is 0 Å². The molecule has 17 heavy (non-hydrogen) atoms. The number of aromatic carboxylic acids is 1. The zero-order chi connectivity index (χ0) is 11.8. The van der Waals surface area contributed by atoms with E-state index in [1.807, 2.05) is 30.3 Å². The summed E-state index contributed by atoms with van der Waals surface area (Å²) in [6.07, 6.45) is 2.32. The molecular weight excluding hydrogens is 256 g/mol. The third kappa shape index (κ3) is 5.34. The van der Waals surface area contributed by atoms with Crippen LogP contribution in [0.4, 0.5) is 0 Å². The van der Waals surface area contributed by atoms with Crippen LogP contribution in [0.5, 0.6) is 0 Å². The predicted octanol–water partition coefficient (Wildman–Crippen LogP) is 3.24. The molecule has 96 valence electrons. The van der Waals surface area contributed by atoms with E-state index in [1.54, 1.807) is 24.3 Å². The molecule has 2 aromatic carbocycles. The van der Waals surface area contributed by atoms with Crippen LogP contribution in [0.1, 0.15) is 15.9 Å². The molecular formula is C14H14FeO2-6. The molecule has 0 saturated carbocycles. The van der Waals surface area contributed by atoms with Crippen molar-refractivity contribution in [1.29, 1.82) is 0 Å². The second-order valence-corrected chi connectivity index (χ2v) is 3.22. The topological polar surface area (TPSA) is 37.3 Å². The molecule has 0 aliphatic carbocycles. The Morgan fingerprint density at radius 2 is 1.88 bits per heavy atom. The van der Waals surface area contributed by atoms with Crippen LogP contribution in [-0.4, -0.2) is 11.1 Å². The van der Waals surface area contributed by atoms with Crippen LogP contribution in [0.2, 0.25) is 0 Å². The van der Waals surface area contributed by atoms with Crippen molar-refractivity contribution < 1.29 is 27.0 Å². The van der Waals surface area contributed by atoms with E-state index in [2.05, 4.69) is 6.58 Å². The van der Waals surface area contributed by atoms with Gasteiger partial charge < -0.3 is 40.2 Å². The third-order valence-electron chi connectivity index (χ3n) is 2.06. The number of carbonyl (C=O) groups is 1. The maximum Gasteiger partial charge on any atom is 0.247 e. The first kappa shape index (κ1) is 15.4. The first-order valence-electron chi connectivity index (χ1n) is 5.01. The zero-order valence-corrected chi connectivity index (χ0v) is 10.4. The first-order valence-corrected chi connectivity index (χ1v) is 5.01. The summed E-state index contributed by atoms with van der Waals surface area (Å²) in [4.78, 5) is 10.5. The molecule has 3 heteroatoms. The van der Waals surface area contributed by atoms with E-state index in [4.69, 9.17) is 5.11 Å². The van der Waals surface area contributed by atoms with Crippen molar-refractivity contribution in [2.24, 2.45) is 0 Å². The van der Waals surface area contributed by atoms with Gasteiger partial charge in [-0.15, -0.1) is 18.2 Å². The molecule has 0 heterocycles. The number of rotatable bonds is 3. The van der Waals surface area contributed by atoms with E-state index in [-0.39, 0.29) is 17.1 Å². The molecule has 0 bridgehead atoms. The van der Waals surface area contributed by atoms with Crippen LogP contribution < -0.4 is 0 Å². The van der Waals surface area contributed by atoms with Crippen molar-refractivity contribution in [1.82, 2.24) is 0 Å². The molecule has 1 N–H and O–H groups in total. The monoisotopic (exact) mass is 270 g/mol. The molecule has 0 fully saturated rings. The average molecular weight is 270 g/mol. The van der Waals surface area contributed by atoms with Gasteiger partial charge in [0, 0.05) is 17.1 Å². The van der Waals surface area contributed by atoms with Crippen LogP contribution in [0.15, 0.2) is 61.2 Å². The molecule has 0 saturated heterocycles. The van der Waals surface area contributed by atoms with Gasteiger partial charge in [-0.3, -0.25) is 0 Å². The summed E-state index contributed by atoms with van der Waals surface area (Å²) in [6.45, 7) is 3.54. The molecule has 0 spiro atoms. The fraction of sp³-hybridized carbons (Fsp3) is 0.0714. The fourth-order valence-corrected chi connectivity index (χ4v) is 1.32. The van der Waals surface area contributed by atoms with E-state index in [0.29, 0.717) is 12.0 Å². The van der Waals surface area contributed by atoms with Crippen molar-refractivity contribution in [3.05, 3.63) is 72.3 Å². The summed E-state index contributed by atoms with van der Waals surface area (Å²) in [5, 5.41) is 8.65. The van der Waals surface area contributed by atoms with Crippen molar-refractivity contribution in [2.45, 2.75) is 6.42 Å². The summed E-state index contributed by atoms with van der Waals surface area (Å²) in [7, 11) is 0. The van der Waals surface area contributed by atoms with Gasteiger partial charge in [-0.05, 0) is 6.42 Å². The molecule has 0 aromatic heterocycles. The van der Waals surface area contributed by atoms with Gasteiger partial charge in [0.05, 0.1) is 0 Å². The number of hydrogen-bond donors (Lipinski definition) is 1. The Morgan fingerprint density at radius 1 is 1.35 bits per heavy atom. The minimum Gasteiger partial charge on any atom is -0.748 e. The van der Waals surface area contributed by atoms with Gasteiger partial charge >= 0.3 is 0 Å². The maximum atomic E-state index is 10.5. The molecule has 0 atom stereocenters. The van der Waals surface area contributed by atoms with Gasteiger partial charge in [-0.2, -0.15) is 12.1 Å². The second-order valence-electron chi connectivity index (χ2n) is 3.22. The first-order chi connectivity index (χ1) is 7.75. The van der Waals surface area contributed by atoms with Crippen LogP contribution in [-0.2, 0) is 23.5 Å². The number of carboxylic acid groups (broad SMARTS) is 1. The predicted molar refractivity (Wildman–Crippen MR) is 64.9 cm³/mol. The van der Waals surface area contributed by atoms with Crippen LogP contribution in [0.25, 0.3) is 0 Å². The largest absolute Gasteiger partial charge is 0.748 e. The second kappa shape index (κ2) is 8.57. The van der Waals surface area contributed by atoms with Crippen molar-refractivity contribution >= 4 is 5.97 Å². The van der Waals surface area contributed by atoms with Crippen molar-refractivity contribution in [3.8, 4) is 0 Å². The Morgan fingerprint density at radius 3 is 2.29 bits per heavy atom. The Hall–Kier alpha value is -1.57. The smallest absolute Gasteiger partial charge is 0.247 e. The van der Waals surface area contributed by atoms with Crippen LogP contribution >= 0.6 is 0 Å². The molecule has 2 aromatic rings. The van der Waals surface area contributed by atoms with Crippen LogP contribution in [0.3, 0.4) is 0 Å². The van der Waals surface area contributed by atoms with E-state index < -0.39 is 5.97 Å². The molecule has 0 amide bonds. The van der Waals surface area contributed by atoms with Gasteiger partial charge in [0.1, 0.15) is 0 Å². The fourth-order valence-electron chi connectivity index (χ4n) is 1.32. The molecule has 2 rings (SSSR count). The van der Waals surface area contributed by atoms with Gasteiger partial charge in [-0.25, -0.2) is 0 Å². The summed E-state index contributed by atoms with van der Waals surface area (Å²) < 4.78 is 0. The van der Waals surface area contributed by atoms with Gasteiger partial charge in [0.25, 0.3) is 0 Å².